The highest BCUT2D eigenvalue weighted by Crippen LogP contribution is 2.16. The van der Waals surface area contributed by atoms with Crippen molar-refractivity contribution < 1.29 is 24.2 Å². The number of benzene rings is 1. The van der Waals surface area contributed by atoms with Crippen molar-refractivity contribution in [1.82, 2.24) is 10.2 Å². The van der Waals surface area contributed by atoms with Crippen LogP contribution in [0.1, 0.15) is 45.1 Å². The second kappa shape index (κ2) is 14.2. The molecule has 7 heteroatoms. The van der Waals surface area contributed by atoms with Crippen molar-refractivity contribution >= 4 is 17.8 Å². The van der Waals surface area contributed by atoms with Crippen molar-refractivity contribution in [3.05, 3.63) is 61.2 Å². The number of hydrogen-bond donors (Lipinski definition) is 2. The molecule has 0 aliphatic heterocycles. The molecule has 0 heterocycles. The third kappa shape index (κ3) is 10.4. The summed E-state index contributed by atoms with van der Waals surface area (Å²) in [5.74, 6) is -1.51. The van der Waals surface area contributed by atoms with E-state index in [2.05, 4.69) is 18.5 Å². The summed E-state index contributed by atoms with van der Waals surface area (Å²) >= 11 is 0. The number of amides is 2. The van der Waals surface area contributed by atoms with Crippen LogP contribution in [0.4, 0.5) is 0 Å². The molecule has 1 aromatic carbocycles. The van der Waals surface area contributed by atoms with Gasteiger partial charge < -0.3 is 20.1 Å². The van der Waals surface area contributed by atoms with E-state index in [1.165, 1.54) is 0 Å². The first kappa shape index (κ1) is 27.1. The van der Waals surface area contributed by atoms with E-state index in [9.17, 15) is 19.5 Å². The van der Waals surface area contributed by atoms with Crippen LogP contribution in [0, 0.1) is 5.92 Å². The van der Waals surface area contributed by atoms with E-state index in [1.807, 2.05) is 30.3 Å². The highest BCUT2D eigenvalue weighted by Gasteiger charge is 2.29. The third-order valence-corrected chi connectivity index (χ3v) is 4.79. The fourth-order valence-electron chi connectivity index (χ4n) is 3.07. The maximum Gasteiger partial charge on any atom is 0.306 e. The number of esters is 1. The zero-order valence-electron chi connectivity index (χ0n) is 19.2. The topological polar surface area (TPSA) is 95.9 Å². The first-order valence-corrected chi connectivity index (χ1v) is 10.8. The molecule has 1 rings (SSSR count). The Balaban J connectivity index is 2.74. The summed E-state index contributed by atoms with van der Waals surface area (Å²) in [5.41, 5.74) is 0.150. The number of hydrogen-bond acceptors (Lipinski definition) is 5. The van der Waals surface area contributed by atoms with Crippen molar-refractivity contribution in [1.29, 1.82) is 0 Å². The molecule has 2 N–H and O–H groups in total. The molecule has 1 atom stereocenters. The minimum absolute atomic E-state index is 0.0140. The van der Waals surface area contributed by atoms with Gasteiger partial charge in [0.2, 0.25) is 11.8 Å². The van der Waals surface area contributed by atoms with Gasteiger partial charge in [-0.05, 0) is 32.3 Å². The number of carbonyl (C=O) groups is 3. The fourth-order valence-corrected chi connectivity index (χ4v) is 3.07. The van der Waals surface area contributed by atoms with Crippen LogP contribution in [0.15, 0.2) is 55.6 Å². The van der Waals surface area contributed by atoms with Gasteiger partial charge in [0.05, 0.1) is 18.1 Å². The van der Waals surface area contributed by atoms with Crippen LogP contribution in [0.3, 0.4) is 0 Å². The van der Waals surface area contributed by atoms with Crippen LogP contribution < -0.4 is 5.32 Å². The molecule has 1 aromatic rings. The minimum Gasteiger partial charge on any atom is -0.463 e. The lowest BCUT2D eigenvalue weighted by Crippen LogP contribution is -2.50. The third-order valence-electron chi connectivity index (χ3n) is 4.79. The second-order valence-electron chi connectivity index (χ2n) is 8.31. The molecule has 0 radical (unpaired) electrons. The van der Waals surface area contributed by atoms with Crippen LogP contribution in [-0.4, -0.2) is 53.1 Å². The normalized spacial score (nSPS) is 11.8. The molecule has 176 valence electrons. The number of rotatable bonds is 15. The SMILES string of the molecule is C=CCCC(=O)OCC(C)(C)NC(=O)[C@@H](CC=C)CC(=O)N(CCO)Cc1ccccc1. The van der Waals surface area contributed by atoms with Crippen LogP contribution >= 0.6 is 0 Å². The van der Waals surface area contributed by atoms with Crippen LogP contribution in [0.5, 0.6) is 0 Å². The van der Waals surface area contributed by atoms with Gasteiger partial charge in [-0.15, -0.1) is 13.2 Å². The smallest absolute Gasteiger partial charge is 0.306 e. The van der Waals surface area contributed by atoms with Crippen molar-refractivity contribution in [2.24, 2.45) is 5.92 Å². The maximum atomic E-state index is 12.9. The van der Waals surface area contributed by atoms with E-state index >= 15 is 0 Å². The van der Waals surface area contributed by atoms with Gasteiger partial charge in [0, 0.05) is 25.9 Å². The number of allylic oxidation sites excluding steroid dienone is 2. The minimum atomic E-state index is -0.793. The quantitative estimate of drug-likeness (QED) is 0.320. The molecule has 0 bridgehead atoms. The highest BCUT2D eigenvalue weighted by molar-refractivity contribution is 5.86. The number of nitrogens with one attached hydrogen (secondary N) is 1. The number of ether oxygens (including phenoxy) is 1. The van der Waals surface area contributed by atoms with Crippen LogP contribution in [0.25, 0.3) is 0 Å². The van der Waals surface area contributed by atoms with E-state index < -0.39 is 11.5 Å². The van der Waals surface area contributed by atoms with Gasteiger partial charge >= 0.3 is 5.97 Å². The fraction of sp³-hybridized carbons (Fsp3) is 0.480. The molecule has 0 aromatic heterocycles. The molecule has 0 fully saturated rings. The lowest BCUT2D eigenvalue weighted by molar-refractivity contribution is -0.146. The largest absolute Gasteiger partial charge is 0.463 e. The van der Waals surface area contributed by atoms with E-state index in [0.29, 0.717) is 19.4 Å². The van der Waals surface area contributed by atoms with Gasteiger partial charge in [-0.1, -0.05) is 42.5 Å². The standard InChI is InChI=1S/C25H36N2O5/c1-5-7-14-23(30)32-19-25(3,4)26-24(31)21(11-6-2)17-22(29)27(15-16-28)18-20-12-9-8-10-13-20/h5-6,8-10,12-13,21,28H,1-2,7,11,14-19H2,3-4H3,(H,26,31)/t21-/m0/s1. The Morgan fingerprint density at radius 3 is 2.47 bits per heavy atom. The summed E-state index contributed by atoms with van der Waals surface area (Å²) in [7, 11) is 0. The summed E-state index contributed by atoms with van der Waals surface area (Å²) in [4.78, 5) is 39.1. The van der Waals surface area contributed by atoms with Crippen LogP contribution in [0.2, 0.25) is 0 Å². The number of carbonyl (C=O) groups excluding carboxylic acids is 3. The molecule has 0 spiro atoms. The molecule has 2 amide bonds. The van der Waals surface area contributed by atoms with Crippen molar-refractivity contribution in [3.8, 4) is 0 Å². The van der Waals surface area contributed by atoms with Gasteiger partial charge in [0.15, 0.2) is 0 Å². The van der Waals surface area contributed by atoms with Crippen LogP contribution in [-0.2, 0) is 25.7 Å². The van der Waals surface area contributed by atoms with Crippen molar-refractivity contribution in [2.45, 2.75) is 51.6 Å². The Kier molecular flexibility index (Phi) is 12.0. The summed E-state index contributed by atoms with van der Waals surface area (Å²) in [6.45, 7) is 11.2. The molecule has 0 aliphatic rings. The van der Waals surface area contributed by atoms with Gasteiger partial charge in [-0.2, -0.15) is 0 Å². The Bertz CT molecular complexity index is 761. The average Bonchev–Trinajstić information content (AvgIpc) is 2.76. The summed E-state index contributed by atoms with van der Waals surface area (Å²) < 4.78 is 5.24. The predicted molar refractivity (Wildman–Crippen MR) is 124 cm³/mol. The second-order valence-corrected chi connectivity index (χ2v) is 8.31. The molecule has 0 saturated carbocycles. The first-order valence-electron chi connectivity index (χ1n) is 10.8. The summed E-state index contributed by atoms with van der Waals surface area (Å²) in [6.07, 6.45) is 4.33. The van der Waals surface area contributed by atoms with E-state index in [4.69, 9.17) is 4.74 Å². The zero-order valence-corrected chi connectivity index (χ0v) is 19.2. The lowest BCUT2D eigenvalue weighted by Gasteiger charge is -2.29. The maximum absolute atomic E-state index is 12.9. The number of aliphatic hydroxyl groups excluding tert-OH is 1. The molecule has 0 unspecified atom stereocenters. The molecule has 7 nitrogen and oxygen atoms in total. The van der Waals surface area contributed by atoms with Crippen molar-refractivity contribution in [3.63, 3.8) is 0 Å². The average molecular weight is 445 g/mol. The Labute approximate surface area is 191 Å². The predicted octanol–water partition coefficient (Wildman–Crippen LogP) is 2.99. The Morgan fingerprint density at radius 2 is 1.88 bits per heavy atom. The lowest BCUT2D eigenvalue weighted by atomic mass is 9.97. The first-order chi connectivity index (χ1) is 15.2. The highest BCUT2D eigenvalue weighted by atomic mass is 16.5. The Morgan fingerprint density at radius 1 is 1.19 bits per heavy atom. The van der Waals surface area contributed by atoms with E-state index in [0.717, 1.165) is 5.56 Å². The molecule has 0 aliphatic carbocycles. The van der Waals surface area contributed by atoms with Gasteiger partial charge in [0.1, 0.15) is 6.61 Å². The van der Waals surface area contributed by atoms with E-state index in [-0.39, 0.29) is 50.4 Å². The summed E-state index contributed by atoms with van der Waals surface area (Å²) in [6, 6.07) is 9.48. The molecular weight excluding hydrogens is 408 g/mol. The number of aliphatic hydroxyl groups is 1. The Hall–Kier alpha value is -2.93. The van der Waals surface area contributed by atoms with Crippen molar-refractivity contribution in [2.75, 3.05) is 19.8 Å². The monoisotopic (exact) mass is 444 g/mol. The molecule has 32 heavy (non-hydrogen) atoms. The van der Waals surface area contributed by atoms with Gasteiger partial charge in [-0.25, -0.2) is 0 Å². The molecule has 0 saturated heterocycles. The van der Waals surface area contributed by atoms with E-state index in [1.54, 1.807) is 30.9 Å². The number of nitrogens with zero attached hydrogens (tertiary/aromatic N) is 1. The van der Waals surface area contributed by atoms with Gasteiger partial charge in [-0.3, -0.25) is 14.4 Å². The molecular formula is C25H36N2O5. The van der Waals surface area contributed by atoms with Gasteiger partial charge in [0.25, 0.3) is 0 Å². The zero-order chi connectivity index (χ0) is 24.0. The summed E-state index contributed by atoms with van der Waals surface area (Å²) in [5, 5.41) is 12.3.